The van der Waals surface area contributed by atoms with Gasteiger partial charge < -0.3 is 10.5 Å². The molecule has 0 aromatic heterocycles. The van der Waals surface area contributed by atoms with Gasteiger partial charge in [-0.1, -0.05) is 6.92 Å². The summed E-state index contributed by atoms with van der Waals surface area (Å²) < 4.78 is 31.8. The molecule has 0 aliphatic rings. The van der Waals surface area contributed by atoms with Crippen LogP contribution in [0.3, 0.4) is 0 Å². The van der Waals surface area contributed by atoms with E-state index < -0.39 is 11.6 Å². The van der Waals surface area contributed by atoms with Crippen molar-refractivity contribution in [3.05, 3.63) is 35.4 Å². The third kappa shape index (κ3) is 4.23. The van der Waals surface area contributed by atoms with Gasteiger partial charge >= 0.3 is 0 Å². The van der Waals surface area contributed by atoms with E-state index >= 15 is 0 Å². The second-order valence-electron chi connectivity index (χ2n) is 4.59. The van der Waals surface area contributed by atoms with Crippen molar-refractivity contribution in [1.82, 2.24) is 4.90 Å². The van der Waals surface area contributed by atoms with Crippen LogP contribution in [-0.4, -0.2) is 37.7 Å². The lowest BCUT2D eigenvalue weighted by atomic mass is 10.0. The first-order valence-electron chi connectivity index (χ1n) is 6.44. The molecule has 0 radical (unpaired) electrons. The van der Waals surface area contributed by atoms with Gasteiger partial charge in [-0.3, -0.25) is 4.90 Å². The van der Waals surface area contributed by atoms with E-state index in [1.807, 2.05) is 13.8 Å². The SMILES string of the molecule is CCN(C(C)COC)C(CN)c1cc(F)cc(F)c1. The van der Waals surface area contributed by atoms with Crippen LogP contribution >= 0.6 is 0 Å². The minimum Gasteiger partial charge on any atom is -0.383 e. The van der Waals surface area contributed by atoms with Gasteiger partial charge in [0, 0.05) is 31.8 Å². The summed E-state index contributed by atoms with van der Waals surface area (Å²) in [6, 6.07) is 3.44. The molecule has 0 amide bonds. The summed E-state index contributed by atoms with van der Waals surface area (Å²) in [7, 11) is 1.63. The van der Waals surface area contributed by atoms with Gasteiger partial charge in [0.1, 0.15) is 11.6 Å². The molecule has 2 unspecified atom stereocenters. The van der Waals surface area contributed by atoms with Crippen molar-refractivity contribution < 1.29 is 13.5 Å². The van der Waals surface area contributed by atoms with Crippen molar-refractivity contribution in [3.63, 3.8) is 0 Å². The first kappa shape index (κ1) is 16.0. The first-order valence-corrected chi connectivity index (χ1v) is 6.44. The average Bonchev–Trinajstić information content (AvgIpc) is 2.34. The lowest BCUT2D eigenvalue weighted by Crippen LogP contribution is -2.42. The molecule has 0 aliphatic heterocycles. The van der Waals surface area contributed by atoms with E-state index in [-0.39, 0.29) is 12.1 Å². The second-order valence-corrected chi connectivity index (χ2v) is 4.59. The summed E-state index contributed by atoms with van der Waals surface area (Å²) in [5.74, 6) is -1.16. The Labute approximate surface area is 113 Å². The molecule has 0 saturated carbocycles. The Hall–Kier alpha value is -1.04. The summed E-state index contributed by atoms with van der Waals surface area (Å²) in [4.78, 5) is 2.08. The number of halogens is 2. The van der Waals surface area contributed by atoms with E-state index in [4.69, 9.17) is 10.5 Å². The fourth-order valence-corrected chi connectivity index (χ4v) is 2.41. The molecular formula is C14H22F2N2O. The van der Waals surface area contributed by atoms with Crippen LogP contribution in [-0.2, 0) is 4.74 Å². The van der Waals surface area contributed by atoms with Crippen LogP contribution in [0.2, 0.25) is 0 Å². The normalized spacial score (nSPS) is 14.7. The van der Waals surface area contributed by atoms with Crippen LogP contribution < -0.4 is 5.73 Å². The molecule has 2 atom stereocenters. The largest absolute Gasteiger partial charge is 0.383 e. The monoisotopic (exact) mass is 272 g/mol. The smallest absolute Gasteiger partial charge is 0.126 e. The van der Waals surface area contributed by atoms with E-state index in [1.165, 1.54) is 12.1 Å². The van der Waals surface area contributed by atoms with E-state index in [2.05, 4.69) is 4.90 Å². The number of nitrogens with zero attached hydrogens (tertiary/aromatic N) is 1. The summed E-state index contributed by atoms with van der Waals surface area (Å²) in [5, 5.41) is 0. The topological polar surface area (TPSA) is 38.5 Å². The van der Waals surface area contributed by atoms with E-state index in [9.17, 15) is 8.78 Å². The van der Waals surface area contributed by atoms with Crippen LogP contribution in [0.15, 0.2) is 18.2 Å². The average molecular weight is 272 g/mol. The standard InChI is InChI=1S/C14H22F2N2O/c1-4-18(10(2)9-19-3)14(8-17)11-5-12(15)7-13(16)6-11/h5-7,10,14H,4,8-9,17H2,1-3H3. The number of hydrogen-bond donors (Lipinski definition) is 1. The molecule has 5 heteroatoms. The van der Waals surface area contributed by atoms with Crippen molar-refractivity contribution in [2.75, 3.05) is 26.8 Å². The molecule has 1 aromatic rings. The molecule has 2 N–H and O–H groups in total. The Balaban J connectivity index is 3.02. The predicted molar refractivity (Wildman–Crippen MR) is 71.9 cm³/mol. The minimum absolute atomic E-state index is 0.120. The van der Waals surface area contributed by atoms with Gasteiger partial charge in [0.05, 0.1) is 6.61 Å². The highest BCUT2D eigenvalue weighted by molar-refractivity contribution is 5.22. The zero-order valence-corrected chi connectivity index (χ0v) is 11.7. The summed E-state index contributed by atoms with van der Waals surface area (Å²) in [6.45, 7) is 5.56. The fourth-order valence-electron chi connectivity index (χ4n) is 2.41. The molecule has 0 aliphatic carbocycles. The maximum Gasteiger partial charge on any atom is 0.126 e. The van der Waals surface area contributed by atoms with Crippen LogP contribution in [0.4, 0.5) is 8.78 Å². The van der Waals surface area contributed by atoms with Crippen molar-refractivity contribution in [1.29, 1.82) is 0 Å². The van der Waals surface area contributed by atoms with Crippen LogP contribution in [0.5, 0.6) is 0 Å². The number of ether oxygens (including phenoxy) is 1. The Kier molecular flexibility index (Phi) is 6.34. The molecular weight excluding hydrogens is 250 g/mol. The van der Waals surface area contributed by atoms with Crippen LogP contribution in [0, 0.1) is 11.6 Å². The highest BCUT2D eigenvalue weighted by atomic mass is 19.1. The number of rotatable bonds is 7. The molecule has 1 aromatic carbocycles. The van der Waals surface area contributed by atoms with Gasteiger partial charge in [0.25, 0.3) is 0 Å². The molecule has 0 heterocycles. The predicted octanol–water partition coefficient (Wildman–Crippen LogP) is 2.32. The van der Waals surface area contributed by atoms with Gasteiger partial charge in [-0.25, -0.2) is 8.78 Å². The maximum absolute atomic E-state index is 13.3. The molecule has 0 spiro atoms. The van der Waals surface area contributed by atoms with Crippen LogP contribution in [0.25, 0.3) is 0 Å². The second kappa shape index (κ2) is 7.53. The van der Waals surface area contributed by atoms with Gasteiger partial charge in [-0.2, -0.15) is 0 Å². The number of methoxy groups -OCH3 is 1. The van der Waals surface area contributed by atoms with Crippen molar-refractivity contribution in [2.45, 2.75) is 25.9 Å². The third-order valence-electron chi connectivity index (χ3n) is 3.23. The summed E-state index contributed by atoms with van der Waals surface area (Å²) in [5.41, 5.74) is 6.35. The highest BCUT2D eigenvalue weighted by Gasteiger charge is 2.23. The maximum atomic E-state index is 13.3. The van der Waals surface area contributed by atoms with E-state index in [1.54, 1.807) is 7.11 Å². The number of benzene rings is 1. The van der Waals surface area contributed by atoms with Gasteiger partial charge in [0.2, 0.25) is 0 Å². The number of hydrogen-bond acceptors (Lipinski definition) is 3. The molecule has 3 nitrogen and oxygen atoms in total. The Morgan fingerprint density at radius 1 is 1.26 bits per heavy atom. The lowest BCUT2D eigenvalue weighted by Gasteiger charge is -2.35. The number of likely N-dealkylation sites (N-methyl/N-ethyl adjacent to an activating group) is 1. The quantitative estimate of drug-likeness (QED) is 0.828. The summed E-state index contributed by atoms with van der Waals surface area (Å²) in [6.07, 6.45) is 0. The van der Waals surface area contributed by atoms with Gasteiger partial charge in [-0.05, 0) is 31.2 Å². The lowest BCUT2D eigenvalue weighted by molar-refractivity contribution is 0.0749. The molecule has 0 saturated heterocycles. The van der Waals surface area contributed by atoms with E-state index in [0.29, 0.717) is 18.7 Å². The highest BCUT2D eigenvalue weighted by Crippen LogP contribution is 2.23. The van der Waals surface area contributed by atoms with Gasteiger partial charge in [-0.15, -0.1) is 0 Å². The van der Waals surface area contributed by atoms with Gasteiger partial charge in [0.15, 0.2) is 0 Å². The first-order chi connectivity index (χ1) is 9.03. The molecule has 0 fully saturated rings. The zero-order chi connectivity index (χ0) is 14.4. The fraction of sp³-hybridized carbons (Fsp3) is 0.571. The third-order valence-corrected chi connectivity index (χ3v) is 3.23. The number of nitrogens with two attached hydrogens (primary N) is 1. The van der Waals surface area contributed by atoms with Crippen molar-refractivity contribution in [2.24, 2.45) is 5.73 Å². The molecule has 108 valence electrons. The molecule has 1 rings (SSSR count). The Bertz CT molecular complexity index is 381. The minimum atomic E-state index is -0.580. The Morgan fingerprint density at radius 3 is 2.26 bits per heavy atom. The van der Waals surface area contributed by atoms with Crippen LogP contribution in [0.1, 0.15) is 25.5 Å². The molecule has 19 heavy (non-hydrogen) atoms. The van der Waals surface area contributed by atoms with Crippen molar-refractivity contribution >= 4 is 0 Å². The van der Waals surface area contributed by atoms with E-state index in [0.717, 1.165) is 12.6 Å². The zero-order valence-electron chi connectivity index (χ0n) is 11.7. The van der Waals surface area contributed by atoms with Crippen molar-refractivity contribution in [3.8, 4) is 0 Å². The summed E-state index contributed by atoms with van der Waals surface area (Å²) >= 11 is 0. The Morgan fingerprint density at radius 2 is 1.84 bits per heavy atom. The molecule has 0 bridgehead atoms.